The molecule has 0 bridgehead atoms. The van der Waals surface area contributed by atoms with Crippen molar-refractivity contribution in [3.63, 3.8) is 0 Å². The van der Waals surface area contributed by atoms with Crippen molar-refractivity contribution < 1.29 is 27.5 Å². The van der Waals surface area contributed by atoms with Gasteiger partial charge in [-0.3, -0.25) is 4.79 Å². The number of ether oxygens (including phenoxy) is 1. The predicted molar refractivity (Wildman–Crippen MR) is 121 cm³/mol. The van der Waals surface area contributed by atoms with Gasteiger partial charge in [0.25, 0.3) is 0 Å². The molecule has 2 aliphatic rings. The number of hydrogen-bond donors (Lipinski definition) is 0. The van der Waals surface area contributed by atoms with E-state index in [1.807, 2.05) is 30.3 Å². The van der Waals surface area contributed by atoms with Crippen molar-refractivity contribution in [3.8, 4) is 0 Å². The van der Waals surface area contributed by atoms with E-state index >= 15 is 0 Å². The number of alkyl halides is 3. The number of likely N-dealkylation sites (tertiary alicyclic amines) is 1. The van der Waals surface area contributed by atoms with E-state index in [0.29, 0.717) is 58.7 Å². The average molecular weight is 475 g/mol. The molecule has 0 radical (unpaired) electrons. The van der Waals surface area contributed by atoms with Crippen LogP contribution in [0.1, 0.15) is 35.4 Å². The Morgan fingerprint density at radius 1 is 0.912 bits per heavy atom. The molecule has 8 heteroatoms. The lowest BCUT2D eigenvalue weighted by Gasteiger charge is -2.41. The van der Waals surface area contributed by atoms with Gasteiger partial charge in [0.15, 0.2) is 0 Å². The summed E-state index contributed by atoms with van der Waals surface area (Å²) in [5, 5.41) is 0. The van der Waals surface area contributed by atoms with E-state index in [2.05, 4.69) is 0 Å². The highest BCUT2D eigenvalue weighted by Crippen LogP contribution is 2.35. The van der Waals surface area contributed by atoms with Crippen LogP contribution in [0.3, 0.4) is 0 Å². The summed E-state index contributed by atoms with van der Waals surface area (Å²) in [7, 11) is 0. The molecule has 2 atom stereocenters. The molecule has 0 aromatic heterocycles. The molecule has 0 N–H and O–H groups in total. The summed E-state index contributed by atoms with van der Waals surface area (Å²) >= 11 is 0. The molecule has 2 fully saturated rings. The first-order valence-corrected chi connectivity index (χ1v) is 11.6. The van der Waals surface area contributed by atoms with Gasteiger partial charge in [0.05, 0.1) is 18.8 Å². The van der Waals surface area contributed by atoms with Crippen molar-refractivity contribution in [2.24, 2.45) is 5.92 Å². The van der Waals surface area contributed by atoms with Crippen molar-refractivity contribution in [3.05, 3.63) is 71.3 Å². The number of hydrogen-bond acceptors (Lipinski definition) is 3. The number of benzene rings is 2. The molecule has 0 aliphatic carbocycles. The lowest BCUT2D eigenvalue weighted by atomic mass is 9.81. The highest BCUT2D eigenvalue weighted by Gasteiger charge is 2.35. The van der Waals surface area contributed by atoms with Gasteiger partial charge in [-0.2, -0.15) is 13.2 Å². The van der Waals surface area contributed by atoms with Crippen LogP contribution in [-0.4, -0.2) is 61.0 Å². The fourth-order valence-electron chi connectivity index (χ4n) is 4.87. The Labute approximate surface area is 197 Å². The SMILES string of the molecule is O=C(Cc1ccccc1)CC1CC(c2ccc(C(F)(F)F)cc2)CN(C(=O)N2CCOCC2)C1. The second-order valence-electron chi connectivity index (χ2n) is 9.11. The lowest BCUT2D eigenvalue weighted by Crippen LogP contribution is -2.52. The Morgan fingerprint density at radius 3 is 2.24 bits per heavy atom. The number of urea groups is 1. The first kappa shape index (κ1) is 24.3. The standard InChI is InChI=1S/C26H29F3N2O3/c27-26(28,29)23-8-6-21(7-9-23)22-14-20(16-24(32)15-19-4-2-1-3-5-19)17-31(18-22)25(33)30-10-12-34-13-11-30/h1-9,20,22H,10-18H2. The topological polar surface area (TPSA) is 49.9 Å². The zero-order chi connectivity index (χ0) is 24.1. The van der Waals surface area contributed by atoms with Crippen LogP contribution >= 0.6 is 0 Å². The maximum Gasteiger partial charge on any atom is 0.416 e. The number of ketones is 1. The minimum absolute atomic E-state index is 0.0535. The summed E-state index contributed by atoms with van der Waals surface area (Å²) in [6.07, 6.45) is -3.08. The largest absolute Gasteiger partial charge is 0.416 e. The van der Waals surface area contributed by atoms with E-state index in [1.165, 1.54) is 12.1 Å². The van der Waals surface area contributed by atoms with Gasteiger partial charge in [-0.05, 0) is 35.6 Å². The van der Waals surface area contributed by atoms with Crippen LogP contribution in [0.15, 0.2) is 54.6 Å². The number of Topliss-reactive ketones (excluding diaryl/α,β-unsaturated/α-hetero) is 1. The number of carbonyl (C=O) groups is 2. The number of morpholine rings is 1. The van der Waals surface area contributed by atoms with Gasteiger partial charge in [0.2, 0.25) is 0 Å². The second-order valence-corrected chi connectivity index (χ2v) is 9.11. The first-order valence-electron chi connectivity index (χ1n) is 11.6. The van der Waals surface area contributed by atoms with Crippen LogP contribution in [-0.2, 0) is 22.1 Å². The molecule has 2 saturated heterocycles. The lowest BCUT2D eigenvalue weighted by molar-refractivity contribution is -0.137. The van der Waals surface area contributed by atoms with Gasteiger partial charge < -0.3 is 14.5 Å². The molecular weight excluding hydrogens is 445 g/mol. The number of halogens is 3. The van der Waals surface area contributed by atoms with Gasteiger partial charge in [0.1, 0.15) is 5.78 Å². The highest BCUT2D eigenvalue weighted by molar-refractivity contribution is 5.81. The number of nitrogens with zero attached hydrogens (tertiary/aromatic N) is 2. The average Bonchev–Trinajstić information content (AvgIpc) is 2.84. The maximum absolute atomic E-state index is 13.2. The molecular formula is C26H29F3N2O3. The Kier molecular flexibility index (Phi) is 7.56. The minimum Gasteiger partial charge on any atom is -0.378 e. The van der Waals surface area contributed by atoms with Gasteiger partial charge in [-0.15, -0.1) is 0 Å². The molecule has 34 heavy (non-hydrogen) atoms. The van der Waals surface area contributed by atoms with E-state index in [9.17, 15) is 22.8 Å². The Hall–Kier alpha value is -2.87. The Balaban J connectivity index is 1.49. The van der Waals surface area contributed by atoms with Crippen molar-refractivity contribution in [1.82, 2.24) is 9.80 Å². The zero-order valence-corrected chi connectivity index (χ0v) is 19.0. The number of rotatable bonds is 5. The summed E-state index contributed by atoms with van der Waals surface area (Å²) in [5.74, 6) is -0.0826. The number of amides is 2. The normalized spacial score (nSPS) is 21.4. The molecule has 4 rings (SSSR count). The molecule has 2 aromatic carbocycles. The van der Waals surface area contributed by atoms with Crippen LogP contribution in [0.25, 0.3) is 0 Å². The van der Waals surface area contributed by atoms with E-state index in [1.54, 1.807) is 9.80 Å². The van der Waals surface area contributed by atoms with Crippen LogP contribution < -0.4 is 0 Å². The summed E-state index contributed by atoms with van der Waals surface area (Å²) < 4.78 is 44.4. The molecule has 182 valence electrons. The van der Waals surface area contributed by atoms with Crippen LogP contribution in [0.4, 0.5) is 18.0 Å². The third-order valence-corrected chi connectivity index (χ3v) is 6.56. The summed E-state index contributed by atoms with van der Waals surface area (Å²) in [5.41, 5.74) is 1.01. The maximum atomic E-state index is 13.2. The molecule has 5 nitrogen and oxygen atoms in total. The zero-order valence-electron chi connectivity index (χ0n) is 19.0. The monoisotopic (exact) mass is 474 g/mol. The van der Waals surface area contributed by atoms with Crippen molar-refractivity contribution >= 4 is 11.8 Å². The predicted octanol–water partition coefficient (Wildman–Crippen LogP) is 4.77. The third kappa shape index (κ3) is 6.17. The number of carbonyl (C=O) groups excluding carboxylic acids is 2. The molecule has 2 aromatic rings. The molecule has 2 unspecified atom stereocenters. The Bertz CT molecular complexity index is 973. The van der Waals surface area contributed by atoms with E-state index in [-0.39, 0.29) is 23.7 Å². The van der Waals surface area contributed by atoms with E-state index < -0.39 is 11.7 Å². The summed E-state index contributed by atoms with van der Waals surface area (Å²) in [6.45, 7) is 2.89. The smallest absolute Gasteiger partial charge is 0.378 e. The second kappa shape index (κ2) is 10.6. The van der Waals surface area contributed by atoms with E-state index in [4.69, 9.17) is 4.74 Å². The fourth-order valence-corrected chi connectivity index (χ4v) is 4.87. The Morgan fingerprint density at radius 2 is 1.59 bits per heavy atom. The molecule has 2 heterocycles. The van der Waals surface area contributed by atoms with Crippen LogP contribution in [0, 0.1) is 5.92 Å². The molecule has 0 spiro atoms. The first-order chi connectivity index (χ1) is 16.3. The van der Waals surface area contributed by atoms with Crippen molar-refractivity contribution in [2.75, 3.05) is 39.4 Å². The quantitative estimate of drug-likeness (QED) is 0.628. The van der Waals surface area contributed by atoms with Crippen LogP contribution in [0.5, 0.6) is 0 Å². The van der Waals surface area contributed by atoms with Gasteiger partial charge in [-0.25, -0.2) is 4.79 Å². The highest BCUT2D eigenvalue weighted by atomic mass is 19.4. The van der Waals surface area contributed by atoms with Gasteiger partial charge in [-0.1, -0.05) is 42.5 Å². The molecule has 2 amide bonds. The summed E-state index contributed by atoms with van der Waals surface area (Å²) in [4.78, 5) is 29.5. The van der Waals surface area contributed by atoms with Crippen molar-refractivity contribution in [1.29, 1.82) is 0 Å². The third-order valence-electron chi connectivity index (χ3n) is 6.56. The minimum atomic E-state index is -4.39. The number of piperidine rings is 1. The molecule has 0 saturated carbocycles. The molecule has 2 aliphatic heterocycles. The van der Waals surface area contributed by atoms with E-state index in [0.717, 1.165) is 23.3 Å². The van der Waals surface area contributed by atoms with Gasteiger partial charge in [0, 0.05) is 44.9 Å². The van der Waals surface area contributed by atoms with Crippen molar-refractivity contribution in [2.45, 2.75) is 31.4 Å². The summed E-state index contributed by atoms with van der Waals surface area (Å²) in [6, 6.07) is 14.6. The fraction of sp³-hybridized carbons (Fsp3) is 0.462. The van der Waals surface area contributed by atoms with Gasteiger partial charge >= 0.3 is 12.2 Å². The van der Waals surface area contributed by atoms with Crippen LogP contribution in [0.2, 0.25) is 0 Å².